The van der Waals surface area contributed by atoms with Gasteiger partial charge in [-0.05, 0) is 12.8 Å². The van der Waals surface area contributed by atoms with Crippen LogP contribution in [-0.4, -0.2) is 20.2 Å². The number of rotatable bonds is 2. The third kappa shape index (κ3) is 2.10. The maximum Gasteiger partial charge on any atom is 0.342 e. The molecule has 0 bridgehead atoms. The molecule has 18 heavy (non-hydrogen) atoms. The van der Waals surface area contributed by atoms with Crippen molar-refractivity contribution >= 4 is 5.97 Å². The Balaban J connectivity index is 2.56. The predicted octanol–water partition coefficient (Wildman–Crippen LogP) is 0.750. The minimum Gasteiger partial charge on any atom is -0.477 e. The van der Waals surface area contributed by atoms with Gasteiger partial charge in [-0.3, -0.25) is 13.9 Å². The molecule has 0 atom stereocenters. The van der Waals surface area contributed by atoms with E-state index in [-0.39, 0.29) is 11.6 Å². The number of nitrogens with zero attached hydrogens (tertiary/aromatic N) is 2. The smallest absolute Gasteiger partial charge is 0.342 e. The summed E-state index contributed by atoms with van der Waals surface area (Å²) < 4.78 is 2.28. The molecule has 0 amide bonds. The van der Waals surface area contributed by atoms with Crippen molar-refractivity contribution in [3.05, 3.63) is 32.6 Å². The second kappa shape index (κ2) is 4.80. The zero-order valence-corrected chi connectivity index (χ0v) is 10.3. The van der Waals surface area contributed by atoms with E-state index in [1.165, 1.54) is 17.8 Å². The van der Waals surface area contributed by atoms with Crippen molar-refractivity contribution in [2.24, 2.45) is 7.05 Å². The van der Waals surface area contributed by atoms with Crippen molar-refractivity contribution in [1.29, 1.82) is 0 Å². The molecule has 0 aromatic carbocycles. The fourth-order valence-corrected chi connectivity index (χ4v) is 2.46. The molecule has 98 valence electrons. The predicted molar refractivity (Wildman–Crippen MR) is 65.0 cm³/mol. The Labute approximate surface area is 103 Å². The summed E-state index contributed by atoms with van der Waals surface area (Å²) in [5.74, 6) is -1.29. The fraction of sp³-hybridized carbons (Fsp3) is 0.583. The van der Waals surface area contributed by atoms with Gasteiger partial charge in [0, 0.05) is 19.3 Å². The second-order valence-electron chi connectivity index (χ2n) is 4.69. The van der Waals surface area contributed by atoms with Crippen LogP contribution in [0.5, 0.6) is 0 Å². The minimum atomic E-state index is -1.29. The molecular formula is C12H16N2O4. The summed E-state index contributed by atoms with van der Waals surface area (Å²) in [5.41, 5.74) is -1.53. The number of carbonyl (C=O) groups is 1. The van der Waals surface area contributed by atoms with Gasteiger partial charge >= 0.3 is 11.7 Å². The number of carboxylic acid groups (broad SMARTS) is 1. The SMILES string of the molecule is Cn1c(=O)c(C(=O)O)cn(C2CCCCC2)c1=O. The van der Waals surface area contributed by atoms with Crippen LogP contribution in [0.2, 0.25) is 0 Å². The topological polar surface area (TPSA) is 81.3 Å². The lowest BCUT2D eigenvalue weighted by atomic mass is 9.95. The maximum absolute atomic E-state index is 12.0. The van der Waals surface area contributed by atoms with E-state index in [1.807, 2.05) is 0 Å². The molecule has 1 saturated carbocycles. The van der Waals surface area contributed by atoms with E-state index >= 15 is 0 Å². The molecule has 1 aliphatic rings. The zero-order valence-electron chi connectivity index (χ0n) is 10.3. The van der Waals surface area contributed by atoms with Crippen LogP contribution in [0, 0.1) is 0 Å². The van der Waals surface area contributed by atoms with Crippen molar-refractivity contribution in [2.45, 2.75) is 38.1 Å². The standard InChI is InChI=1S/C12H16N2O4/c1-13-10(15)9(11(16)17)7-14(12(13)18)8-5-3-2-4-6-8/h7-8H,2-6H2,1H3,(H,16,17). The number of hydrogen-bond acceptors (Lipinski definition) is 3. The molecule has 1 heterocycles. The van der Waals surface area contributed by atoms with Crippen LogP contribution in [0.15, 0.2) is 15.8 Å². The summed E-state index contributed by atoms with van der Waals surface area (Å²) >= 11 is 0. The second-order valence-corrected chi connectivity index (χ2v) is 4.69. The number of carboxylic acids is 1. The molecular weight excluding hydrogens is 236 g/mol. The first-order chi connectivity index (χ1) is 8.52. The quantitative estimate of drug-likeness (QED) is 0.842. The van der Waals surface area contributed by atoms with Gasteiger partial charge in [-0.2, -0.15) is 0 Å². The number of hydrogen-bond donors (Lipinski definition) is 1. The molecule has 0 unspecified atom stereocenters. The van der Waals surface area contributed by atoms with Gasteiger partial charge in [0.25, 0.3) is 5.56 Å². The average molecular weight is 252 g/mol. The highest BCUT2D eigenvalue weighted by molar-refractivity contribution is 5.86. The highest BCUT2D eigenvalue weighted by Crippen LogP contribution is 2.26. The summed E-state index contributed by atoms with van der Waals surface area (Å²) in [7, 11) is 1.32. The van der Waals surface area contributed by atoms with E-state index in [2.05, 4.69) is 0 Å². The van der Waals surface area contributed by atoms with Gasteiger partial charge in [0.2, 0.25) is 0 Å². The monoisotopic (exact) mass is 252 g/mol. The molecule has 0 radical (unpaired) electrons. The average Bonchev–Trinajstić information content (AvgIpc) is 2.37. The first-order valence-corrected chi connectivity index (χ1v) is 6.08. The Morgan fingerprint density at radius 2 is 1.89 bits per heavy atom. The highest BCUT2D eigenvalue weighted by atomic mass is 16.4. The summed E-state index contributed by atoms with van der Waals surface area (Å²) in [4.78, 5) is 34.6. The molecule has 1 aliphatic carbocycles. The number of aromatic nitrogens is 2. The summed E-state index contributed by atoms with van der Waals surface area (Å²) in [6.07, 6.45) is 6.12. The normalized spacial score (nSPS) is 16.7. The van der Waals surface area contributed by atoms with Crippen LogP contribution < -0.4 is 11.2 Å². The summed E-state index contributed by atoms with van der Waals surface area (Å²) in [5, 5.41) is 8.98. The molecule has 6 heteroatoms. The van der Waals surface area contributed by atoms with Crippen LogP contribution in [0.1, 0.15) is 48.5 Å². The largest absolute Gasteiger partial charge is 0.477 e. The van der Waals surface area contributed by atoms with Crippen LogP contribution >= 0.6 is 0 Å². The van der Waals surface area contributed by atoms with Crippen molar-refractivity contribution in [1.82, 2.24) is 9.13 Å². The van der Waals surface area contributed by atoms with Gasteiger partial charge in [-0.15, -0.1) is 0 Å². The van der Waals surface area contributed by atoms with E-state index in [0.29, 0.717) is 0 Å². The third-order valence-electron chi connectivity index (χ3n) is 3.51. The molecule has 0 saturated heterocycles. The zero-order chi connectivity index (χ0) is 13.3. The molecule has 1 N–H and O–H groups in total. The van der Waals surface area contributed by atoms with E-state index in [0.717, 1.165) is 36.7 Å². The Kier molecular flexibility index (Phi) is 3.36. The van der Waals surface area contributed by atoms with Gasteiger partial charge in [-0.1, -0.05) is 19.3 Å². The van der Waals surface area contributed by atoms with Gasteiger partial charge in [0.1, 0.15) is 5.56 Å². The lowest BCUT2D eigenvalue weighted by Crippen LogP contribution is -2.42. The molecule has 6 nitrogen and oxygen atoms in total. The third-order valence-corrected chi connectivity index (χ3v) is 3.51. The lowest BCUT2D eigenvalue weighted by Gasteiger charge is -2.24. The van der Waals surface area contributed by atoms with Crippen molar-refractivity contribution < 1.29 is 9.90 Å². The molecule has 0 aliphatic heterocycles. The Morgan fingerprint density at radius 3 is 2.44 bits per heavy atom. The van der Waals surface area contributed by atoms with Gasteiger partial charge < -0.3 is 5.11 Å². The van der Waals surface area contributed by atoms with E-state index in [4.69, 9.17) is 5.11 Å². The van der Waals surface area contributed by atoms with Crippen LogP contribution in [0.3, 0.4) is 0 Å². The Bertz CT molecular complexity index is 579. The molecule has 1 aromatic rings. The van der Waals surface area contributed by atoms with Gasteiger partial charge in [0.05, 0.1) is 0 Å². The first kappa shape index (κ1) is 12.6. The van der Waals surface area contributed by atoms with Gasteiger partial charge in [0.15, 0.2) is 0 Å². The van der Waals surface area contributed by atoms with Crippen molar-refractivity contribution in [3.8, 4) is 0 Å². The molecule has 0 spiro atoms. The Hall–Kier alpha value is -1.85. The summed E-state index contributed by atoms with van der Waals surface area (Å²) in [6.45, 7) is 0. The molecule has 1 fully saturated rings. The Morgan fingerprint density at radius 1 is 1.28 bits per heavy atom. The summed E-state index contributed by atoms with van der Waals surface area (Å²) in [6, 6.07) is 0.0103. The first-order valence-electron chi connectivity index (χ1n) is 6.08. The van der Waals surface area contributed by atoms with Crippen LogP contribution in [0.4, 0.5) is 0 Å². The van der Waals surface area contributed by atoms with Crippen molar-refractivity contribution in [2.75, 3.05) is 0 Å². The van der Waals surface area contributed by atoms with Crippen LogP contribution in [0.25, 0.3) is 0 Å². The molecule has 1 aromatic heterocycles. The van der Waals surface area contributed by atoms with Crippen molar-refractivity contribution in [3.63, 3.8) is 0 Å². The van der Waals surface area contributed by atoms with E-state index < -0.39 is 17.2 Å². The van der Waals surface area contributed by atoms with E-state index in [9.17, 15) is 14.4 Å². The van der Waals surface area contributed by atoms with Crippen LogP contribution in [-0.2, 0) is 7.05 Å². The highest BCUT2D eigenvalue weighted by Gasteiger charge is 2.21. The fourth-order valence-electron chi connectivity index (χ4n) is 2.46. The van der Waals surface area contributed by atoms with E-state index in [1.54, 1.807) is 0 Å². The number of aromatic carboxylic acids is 1. The lowest BCUT2D eigenvalue weighted by molar-refractivity contribution is 0.0692. The minimum absolute atomic E-state index is 0.0103. The van der Waals surface area contributed by atoms with Gasteiger partial charge in [-0.25, -0.2) is 9.59 Å². The maximum atomic E-state index is 12.0. The molecule has 2 rings (SSSR count).